The number of aromatic nitrogens is 2. The van der Waals surface area contributed by atoms with E-state index >= 15 is 0 Å². The van der Waals surface area contributed by atoms with Crippen LogP contribution in [0.4, 0.5) is 0 Å². The van der Waals surface area contributed by atoms with Crippen molar-refractivity contribution in [2.24, 2.45) is 0 Å². The predicted molar refractivity (Wildman–Crippen MR) is 81.2 cm³/mol. The van der Waals surface area contributed by atoms with Crippen molar-refractivity contribution in [1.82, 2.24) is 14.1 Å². The Hall–Kier alpha value is -1.60. The molecule has 0 unspecified atom stereocenters. The maximum absolute atomic E-state index is 12.4. The zero-order valence-electron chi connectivity index (χ0n) is 12.6. The van der Waals surface area contributed by atoms with Crippen LogP contribution in [0.1, 0.15) is 32.5 Å². The lowest BCUT2D eigenvalue weighted by molar-refractivity contribution is 0.390. The summed E-state index contributed by atoms with van der Waals surface area (Å²) >= 11 is 0. The van der Waals surface area contributed by atoms with Gasteiger partial charge in [0, 0.05) is 13.0 Å². The lowest BCUT2D eigenvalue weighted by atomic mass is 10.3. The molecule has 0 aromatic carbocycles. The summed E-state index contributed by atoms with van der Waals surface area (Å²) in [5.41, 5.74) is 0.543. The van der Waals surface area contributed by atoms with Crippen molar-refractivity contribution < 1.29 is 13.2 Å². The van der Waals surface area contributed by atoms with Crippen LogP contribution in [0.5, 0.6) is 5.88 Å². The molecule has 0 aliphatic rings. The number of hydrogen-bond donors (Lipinski definition) is 1. The van der Waals surface area contributed by atoms with Crippen molar-refractivity contribution in [3.8, 4) is 5.88 Å². The maximum Gasteiger partial charge on any atom is 0.260 e. The van der Waals surface area contributed by atoms with Gasteiger partial charge in [-0.05, 0) is 25.0 Å². The number of sulfonamides is 1. The molecule has 2 aromatic heterocycles. The average molecular weight is 311 g/mol. The van der Waals surface area contributed by atoms with Gasteiger partial charge in [0.2, 0.25) is 0 Å². The van der Waals surface area contributed by atoms with Crippen LogP contribution < -0.4 is 9.46 Å². The van der Waals surface area contributed by atoms with Crippen molar-refractivity contribution in [1.29, 1.82) is 0 Å². The van der Waals surface area contributed by atoms with Gasteiger partial charge in [-0.1, -0.05) is 19.9 Å². The molecule has 0 saturated carbocycles. The summed E-state index contributed by atoms with van der Waals surface area (Å²) in [6.07, 6.45) is 2.29. The Bertz CT molecular complexity index is 722. The molecular weight excluding hydrogens is 290 g/mol. The molecule has 6 nitrogen and oxygen atoms in total. The van der Waals surface area contributed by atoms with Crippen LogP contribution in [0.2, 0.25) is 0 Å². The number of nitrogens with one attached hydrogen (secondary N) is 1. The van der Waals surface area contributed by atoms with E-state index in [1.54, 1.807) is 29.7 Å². The standard InChI is InChI=1S/C14H21N3O3S/c1-4-7-12-16-14(21(18,19)15-10-5-2)11-8-6-9-13(20-3)17(11)12/h6,8-9,15H,4-5,7,10H2,1-3H3. The number of aryl methyl sites for hydroxylation is 1. The molecule has 7 heteroatoms. The third-order valence-corrected chi connectivity index (χ3v) is 4.54. The van der Waals surface area contributed by atoms with Crippen molar-refractivity contribution in [3.63, 3.8) is 0 Å². The number of pyridine rings is 1. The fraction of sp³-hybridized carbons (Fsp3) is 0.500. The van der Waals surface area contributed by atoms with Crippen molar-refractivity contribution in [3.05, 3.63) is 24.0 Å². The lowest BCUT2D eigenvalue weighted by Gasteiger charge is -2.06. The summed E-state index contributed by atoms with van der Waals surface area (Å²) in [7, 11) is -2.05. The summed E-state index contributed by atoms with van der Waals surface area (Å²) in [4.78, 5) is 4.34. The zero-order chi connectivity index (χ0) is 15.5. The van der Waals surface area contributed by atoms with Crippen molar-refractivity contribution >= 4 is 15.5 Å². The Morgan fingerprint density at radius 3 is 2.67 bits per heavy atom. The normalized spacial score (nSPS) is 12.0. The summed E-state index contributed by atoms with van der Waals surface area (Å²) in [5.74, 6) is 1.28. The van der Waals surface area contributed by atoms with Gasteiger partial charge in [0.1, 0.15) is 5.82 Å². The minimum absolute atomic E-state index is 0.0679. The fourth-order valence-electron chi connectivity index (χ4n) is 2.20. The third-order valence-electron chi connectivity index (χ3n) is 3.14. The molecule has 2 aromatic rings. The fourth-order valence-corrected chi connectivity index (χ4v) is 3.47. The largest absolute Gasteiger partial charge is 0.482 e. The molecule has 0 aliphatic carbocycles. The van der Waals surface area contributed by atoms with Crippen molar-refractivity contribution in [2.75, 3.05) is 13.7 Å². The summed E-state index contributed by atoms with van der Waals surface area (Å²) < 4.78 is 34.5. The molecule has 1 N–H and O–H groups in total. The maximum atomic E-state index is 12.4. The first kappa shape index (κ1) is 15.8. The van der Waals surface area contributed by atoms with Gasteiger partial charge in [-0.25, -0.2) is 18.1 Å². The molecule has 0 saturated heterocycles. The van der Waals surface area contributed by atoms with E-state index in [-0.39, 0.29) is 5.03 Å². The summed E-state index contributed by atoms with van der Waals surface area (Å²) in [5, 5.41) is 0.0679. The van der Waals surface area contributed by atoms with Gasteiger partial charge in [0.05, 0.1) is 12.6 Å². The van der Waals surface area contributed by atoms with Crippen LogP contribution in [-0.2, 0) is 16.4 Å². The highest BCUT2D eigenvalue weighted by atomic mass is 32.2. The highest BCUT2D eigenvalue weighted by Crippen LogP contribution is 2.24. The SMILES string of the molecule is CCCNS(=O)(=O)c1nc(CCC)n2c(OC)cccc12. The Morgan fingerprint density at radius 2 is 2.05 bits per heavy atom. The van der Waals surface area contributed by atoms with E-state index in [0.717, 1.165) is 12.8 Å². The van der Waals surface area contributed by atoms with Crippen LogP contribution >= 0.6 is 0 Å². The smallest absolute Gasteiger partial charge is 0.260 e. The lowest BCUT2D eigenvalue weighted by Crippen LogP contribution is -2.25. The topological polar surface area (TPSA) is 72.7 Å². The first-order chi connectivity index (χ1) is 10.0. The third kappa shape index (κ3) is 3.03. The quantitative estimate of drug-likeness (QED) is 0.848. The van der Waals surface area contributed by atoms with E-state index in [1.807, 2.05) is 13.8 Å². The van der Waals surface area contributed by atoms with Gasteiger partial charge in [-0.3, -0.25) is 4.40 Å². The van der Waals surface area contributed by atoms with Gasteiger partial charge in [-0.2, -0.15) is 0 Å². The second-order valence-electron chi connectivity index (χ2n) is 4.77. The molecule has 2 heterocycles. The van der Waals surface area contributed by atoms with E-state index in [4.69, 9.17) is 4.74 Å². The summed E-state index contributed by atoms with van der Waals surface area (Å²) in [6.45, 7) is 4.34. The van der Waals surface area contributed by atoms with Crippen molar-refractivity contribution in [2.45, 2.75) is 38.1 Å². The molecule has 0 fully saturated rings. The van der Waals surface area contributed by atoms with E-state index in [0.29, 0.717) is 30.2 Å². The molecule has 0 radical (unpaired) electrons. The van der Waals surface area contributed by atoms with Crippen LogP contribution in [0.15, 0.2) is 23.2 Å². The molecule has 0 atom stereocenters. The number of rotatable bonds is 7. The number of hydrogen-bond acceptors (Lipinski definition) is 4. The minimum atomic E-state index is -3.61. The van der Waals surface area contributed by atoms with Gasteiger partial charge >= 0.3 is 0 Å². The van der Waals surface area contributed by atoms with Crippen LogP contribution in [0, 0.1) is 0 Å². The highest BCUT2D eigenvalue weighted by Gasteiger charge is 2.23. The number of nitrogens with zero attached hydrogens (tertiary/aromatic N) is 2. The summed E-state index contributed by atoms with van der Waals surface area (Å²) in [6, 6.07) is 5.31. The van der Waals surface area contributed by atoms with Crippen LogP contribution in [0.25, 0.3) is 5.52 Å². The molecule has 0 amide bonds. The Morgan fingerprint density at radius 1 is 1.29 bits per heavy atom. The second-order valence-corrected chi connectivity index (χ2v) is 6.45. The first-order valence-electron chi connectivity index (χ1n) is 7.09. The Kier molecular flexibility index (Phi) is 4.84. The Labute approximate surface area is 125 Å². The second kappa shape index (κ2) is 6.44. The number of methoxy groups -OCH3 is 1. The van der Waals surface area contributed by atoms with E-state index in [1.165, 1.54) is 0 Å². The molecule has 21 heavy (non-hydrogen) atoms. The molecule has 2 rings (SSSR count). The molecule has 0 spiro atoms. The van der Waals surface area contributed by atoms with Crippen LogP contribution in [0.3, 0.4) is 0 Å². The van der Waals surface area contributed by atoms with Gasteiger partial charge < -0.3 is 4.74 Å². The van der Waals surface area contributed by atoms with E-state index in [2.05, 4.69) is 9.71 Å². The molecule has 0 aliphatic heterocycles. The monoisotopic (exact) mass is 311 g/mol. The van der Waals surface area contributed by atoms with Crippen LogP contribution in [-0.4, -0.2) is 31.5 Å². The Balaban J connectivity index is 2.65. The number of ether oxygens (including phenoxy) is 1. The molecular formula is C14H21N3O3S. The van der Waals surface area contributed by atoms with E-state index in [9.17, 15) is 8.42 Å². The first-order valence-corrected chi connectivity index (χ1v) is 8.57. The average Bonchev–Trinajstić information content (AvgIpc) is 2.85. The van der Waals surface area contributed by atoms with Gasteiger partial charge in [0.25, 0.3) is 10.0 Å². The van der Waals surface area contributed by atoms with E-state index < -0.39 is 10.0 Å². The minimum Gasteiger partial charge on any atom is -0.482 e. The number of fused-ring (bicyclic) bond motifs is 1. The van der Waals surface area contributed by atoms with Gasteiger partial charge in [-0.15, -0.1) is 0 Å². The predicted octanol–water partition coefficient (Wildman–Crippen LogP) is 1.98. The number of imidazole rings is 1. The molecule has 0 bridgehead atoms. The molecule has 116 valence electrons. The highest BCUT2D eigenvalue weighted by molar-refractivity contribution is 7.89. The zero-order valence-corrected chi connectivity index (χ0v) is 13.4. The van der Waals surface area contributed by atoms with Gasteiger partial charge in [0.15, 0.2) is 10.9 Å².